The highest BCUT2D eigenvalue weighted by Crippen LogP contribution is 2.24. The van der Waals surface area contributed by atoms with Gasteiger partial charge in [0.05, 0.1) is 29.1 Å². The molecule has 2 rings (SSSR count). The standard InChI is InChI=1S/C20H25ClN2O4S/c1-4-27-19-10-6-5-8-15(19)9-7-13-22-20(24)17-14-16(11-12-18(17)21)23(2)28(3,25)26/h5-6,8,10-12,14H,4,7,9,13H2,1-3H3,(H,22,24). The number of para-hydroxylation sites is 1. The topological polar surface area (TPSA) is 75.7 Å². The lowest BCUT2D eigenvalue weighted by molar-refractivity contribution is 0.0953. The Morgan fingerprint density at radius 3 is 2.61 bits per heavy atom. The number of sulfonamides is 1. The number of nitrogens with zero attached hydrogens (tertiary/aromatic N) is 1. The number of aryl methyl sites for hydroxylation is 1. The van der Waals surface area contributed by atoms with E-state index >= 15 is 0 Å². The van der Waals surface area contributed by atoms with Crippen LogP contribution in [0.1, 0.15) is 29.3 Å². The quantitative estimate of drug-likeness (QED) is 0.625. The highest BCUT2D eigenvalue weighted by Gasteiger charge is 2.16. The van der Waals surface area contributed by atoms with Crippen LogP contribution in [0, 0.1) is 0 Å². The number of hydrogen-bond donors (Lipinski definition) is 1. The number of nitrogens with one attached hydrogen (secondary N) is 1. The molecule has 0 heterocycles. The minimum absolute atomic E-state index is 0.240. The van der Waals surface area contributed by atoms with Gasteiger partial charge >= 0.3 is 0 Å². The minimum Gasteiger partial charge on any atom is -0.494 e. The van der Waals surface area contributed by atoms with E-state index in [1.54, 1.807) is 6.07 Å². The van der Waals surface area contributed by atoms with Crippen molar-refractivity contribution in [3.8, 4) is 5.75 Å². The largest absolute Gasteiger partial charge is 0.494 e. The predicted molar refractivity (Wildman–Crippen MR) is 113 cm³/mol. The molecule has 0 aliphatic carbocycles. The molecule has 0 atom stereocenters. The highest BCUT2D eigenvalue weighted by atomic mass is 35.5. The van der Waals surface area contributed by atoms with Crippen molar-refractivity contribution in [3.63, 3.8) is 0 Å². The third kappa shape index (κ3) is 5.87. The number of carbonyl (C=O) groups excluding carboxylic acids is 1. The summed E-state index contributed by atoms with van der Waals surface area (Å²) < 4.78 is 30.1. The molecular formula is C20H25ClN2O4S. The van der Waals surface area contributed by atoms with Gasteiger partial charge in [-0.25, -0.2) is 8.42 Å². The Kier molecular flexibility index (Phi) is 7.71. The second-order valence-corrected chi connectivity index (χ2v) is 8.72. The van der Waals surface area contributed by atoms with E-state index in [2.05, 4.69) is 5.32 Å². The van der Waals surface area contributed by atoms with Crippen LogP contribution in [-0.4, -0.2) is 40.8 Å². The Labute approximate surface area is 171 Å². The summed E-state index contributed by atoms with van der Waals surface area (Å²) in [5.74, 6) is 0.516. The van der Waals surface area contributed by atoms with Crippen molar-refractivity contribution in [2.24, 2.45) is 0 Å². The maximum Gasteiger partial charge on any atom is 0.252 e. The van der Waals surface area contributed by atoms with E-state index in [0.29, 0.717) is 18.8 Å². The van der Waals surface area contributed by atoms with Gasteiger partial charge in [0.15, 0.2) is 0 Å². The van der Waals surface area contributed by atoms with Crippen LogP contribution in [0.25, 0.3) is 0 Å². The Balaban J connectivity index is 1.98. The molecule has 0 fully saturated rings. The lowest BCUT2D eigenvalue weighted by atomic mass is 10.1. The molecule has 0 spiro atoms. The smallest absolute Gasteiger partial charge is 0.252 e. The van der Waals surface area contributed by atoms with Crippen molar-refractivity contribution in [3.05, 3.63) is 58.6 Å². The summed E-state index contributed by atoms with van der Waals surface area (Å²) in [6.07, 6.45) is 2.60. The van der Waals surface area contributed by atoms with Crippen LogP contribution in [0.4, 0.5) is 5.69 Å². The van der Waals surface area contributed by atoms with Crippen molar-refractivity contribution >= 4 is 33.2 Å². The summed E-state index contributed by atoms with van der Waals surface area (Å²) in [7, 11) is -2.00. The van der Waals surface area contributed by atoms with Gasteiger partial charge in [0.25, 0.3) is 5.91 Å². The third-order valence-electron chi connectivity index (χ3n) is 4.24. The van der Waals surface area contributed by atoms with Gasteiger partial charge in [-0.1, -0.05) is 29.8 Å². The molecular weight excluding hydrogens is 400 g/mol. The van der Waals surface area contributed by atoms with Crippen LogP contribution >= 0.6 is 11.6 Å². The van der Waals surface area contributed by atoms with E-state index in [-0.39, 0.29) is 16.5 Å². The molecule has 0 aliphatic heterocycles. The molecule has 0 unspecified atom stereocenters. The van der Waals surface area contributed by atoms with Crippen LogP contribution in [0.5, 0.6) is 5.75 Å². The predicted octanol–water partition coefficient (Wildman–Crippen LogP) is 3.50. The van der Waals surface area contributed by atoms with E-state index in [4.69, 9.17) is 16.3 Å². The van der Waals surface area contributed by atoms with Gasteiger partial charge in [-0.05, 0) is 49.6 Å². The number of anilines is 1. The molecule has 0 saturated carbocycles. The first-order valence-corrected chi connectivity index (χ1v) is 11.2. The van der Waals surface area contributed by atoms with Gasteiger partial charge in [-0.3, -0.25) is 9.10 Å². The number of hydrogen-bond acceptors (Lipinski definition) is 4. The number of amides is 1. The lowest BCUT2D eigenvalue weighted by Crippen LogP contribution is -2.27. The normalized spacial score (nSPS) is 11.1. The average Bonchev–Trinajstić information content (AvgIpc) is 2.65. The monoisotopic (exact) mass is 424 g/mol. The molecule has 0 aliphatic rings. The van der Waals surface area contributed by atoms with Crippen LogP contribution in [0.3, 0.4) is 0 Å². The lowest BCUT2D eigenvalue weighted by Gasteiger charge is -2.18. The number of ether oxygens (including phenoxy) is 1. The first-order valence-electron chi connectivity index (χ1n) is 8.96. The average molecular weight is 425 g/mol. The maximum atomic E-state index is 12.5. The molecule has 0 saturated heterocycles. The fraction of sp³-hybridized carbons (Fsp3) is 0.350. The van der Waals surface area contributed by atoms with Crippen molar-refractivity contribution in [1.82, 2.24) is 5.32 Å². The van der Waals surface area contributed by atoms with Gasteiger partial charge in [0, 0.05) is 13.6 Å². The second-order valence-electron chi connectivity index (χ2n) is 6.29. The first kappa shape index (κ1) is 22.0. The second kappa shape index (κ2) is 9.80. The SMILES string of the molecule is CCOc1ccccc1CCCNC(=O)c1cc(N(C)S(C)(=O)=O)ccc1Cl. The summed E-state index contributed by atoms with van der Waals surface area (Å²) in [5, 5.41) is 3.10. The number of benzene rings is 2. The molecule has 0 radical (unpaired) electrons. The number of carbonyl (C=O) groups is 1. The zero-order valence-electron chi connectivity index (χ0n) is 16.2. The fourth-order valence-corrected chi connectivity index (χ4v) is 3.36. The van der Waals surface area contributed by atoms with Crippen molar-refractivity contribution < 1.29 is 17.9 Å². The molecule has 2 aromatic rings. The third-order valence-corrected chi connectivity index (χ3v) is 5.77. The van der Waals surface area contributed by atoms with Gasteiger partial charge in [0.1, 0.15) is 5.75 Å². The van der Waals surface area contributed by atoms with Gasteiger partial charge < -0.3 is 10.1 Å². The molecule has 0 aromatic heterocycles. The van der Waals surface area contributed by atoms with Gasteiger partial charge in [-0.2, -0.15) is 0 Å². The highest BCUT2D eigenvalue weighted by molar-refractivity contribution is 7.92. The zero-order chi connectivity index (χ0) is 20.7. The fourth-order valence-electron chi connectivity index (χ4n) is 2.66. The van der Waals surface area contributed by atoms with Crippen molar-refractivity contribution in [1.29, 1.82) is 0 Å². The number of rotatable bonds is 9. The van der Waals surface area contributed by atoms with E-state index < -0.39 is 10.0 Å². The molecule has 1 N–H and O–H groups in total. The molecule has 28 heavy (non-hydrogen) atoms. The van der Waals surface area contributed by atoms with Crippen molar-refractivity contribution in [2.75, 3.05) is 30.8 Å². The Morgan fingerprint density at radius 2 is 1.93 bits per heavy atom. The number of halogens is 1. The Bertz CT molecular complexity index is 932. The van der Waals surface area contributed by atoms with Crippen LogP contribution in [-0.2, 0) is 16.4 Å². The van der Waals surface area contributed by atoms with Gasteiger partial charge in [0.2, 0.25) is 10.0 Å². The summed E-state index contributed by atoms with van der Waals surface area (Å²) in [6, 6.07) is 12.4. The van der Waals surface area contributed by atoms with Crippen molar-refractivity contribution in [2.45, 2.75) is 19.8 Å². The van der Waals surface area contributed by atoms with Crippen LogP contribution in [0.2, 0.25) is 5.02 Å². The molecule has 152 valence electrons. The van der Waals surface area contributed by atoms with Gasteiger partial charge in [-0.15, -0.1) is 0 Å². The van der Waals surface area contributed by atoms with E-state index in [0.717, 1.165) is 34.7 Å². The minimum atomic E-state index is -3.42. The Hall–Kier alpha value is -2.25. The molecule has 0 bridgehead atoms. The zero-order valence-corrected chi connectivity index (χ0v) is 17.8. The molecule has 1 amide bonds. The van der Waals surface area contributed by atoms with E-state index in [1.807, 2.05) is 31.2 Å². The van der Waals surface area contributed by atoms with E-state index in [1.165, 1.54) is 19.2 Å². The molecule has 6 nitrogen and oxygen atoms in total. The summed E-state index contributed by atoms with van der Waals surface area (Å²) in [6.45, 7) is 3.00. The Morgan fingerprint density at radius 1 is 1.21 bits per heavy atom. The summed E-state index contributed by atoms with van der Waals surface area (Å²) >= 11 is 6.13. The van der Waals surface area contributed by atoms with Crippen LogP contribution in [0.15, 0.2) is 42.5 Å². The van der Waals surface area contributed by atoms with Crippen LogP contribution < -0.4 is 14.4 Å². The van der Waals surface area contributed by atoms with E-state index in [9.17, 15) is 13.2 Å². The summed E-state index contributed by atoms with van der Waals surface area (Å²) in [4.78, 5) is 12.5. The molecule has 8 heteroatoms. The first-order chi connectivity index (χ1) is 13.2. The molecule has 2 aromatic carbocycles. The summed E-state index contributed by atoms with van der Waals surface area (Å²) in [5.41, 5.74) is 1.71. The maximum absolute atomic E-state index is 12.5.